The molecule has 1 aromatic carbocycles. The lowest BCUT2D eigenvalue weighted by atomic mass is 10.1. The largest absolute Gasteiger partial charge is 0.325 e. The fraction of sp³-hybridized carbons (Fsp3) is 0.400. The number of imidazole rings is 1. The van der Waals surface area contributed by atoms with Crippen LogP contribution in [-0.4, -0.2) is 50.2 Å². The van der Waals surface area contributed by atoms with E-state index in [1.165, 1.54) is 0 Å². The van der Waals surface area contributed by atoms with E-state index in [9.17, 15) is 16.8 Å². The van der Waals surface area contributed by atoms with Crippen LogP contribution in [0.2, 0.25) is 0 Å². The Morgan fingerprint density at radius 2 is 1.96 bits per heavy atom. The molecule has 1 aromatic heterocycles. The van der Waals surface area contributed by atoms with E-state index in [-0.39, 0.29) is 11.5 Å². The van der Waals surface area contributed by atoms with Crippen molar-refractivity contribution in [1.82, 2.24) is 14.3 Å². The molecule has 0 radical (unpaired) electrons. The van der Waals surface area contributed by atoms with Gasteiger partial charge in [0.1, 0.15) is 5.82 Å². The lowest BCUT2D eigenvalue weighted by Gasteiger charge is -2.22. The van der Waals surface area contributed by atoms with Crippen molar-refractivity contribution in [2.75, 3.05) is 17.8 Å². The minimum absolute atomic E-state index is 0.116. The van der Waals surface area contributed by atoms with Gasteiger partial charge >= 0.3 is 0 Å². The molecule has 1 saturated heterocycles. The molecule has 0 aliphatic carbocycles. The predicted molar refractivity (Wildman–Crippen MR) is 91.9 cm³/mol. The van der Waals surface area contributed by atoms with Gasteiger partial charge in [0, 0.05) is 18.0 Å². The molecule has 0 amide bonds. The van der Waals surface area contributed by atoms with E-state index in [1.54, 1.807) is 17.0 Å². The van der Waals surface area contributed by atoms with Gasteiger partial charge in [0.15, 0.2) is 9.84 Å². The number of benzene rings is 1. The zero-order chi connectivity index (χ0) is 17.5. The van der Waals surface area contributed by atoms with Gasteiger partial charge in [0.05, 0.1) is 29.8 Å². The average Bonchev–Trinajstić information content (AvgIpc) is 3.01. The Morgan fingerprint density at radius 1 is 1.25 bits per heavy atom. The highest BCUT2D eigenvalue weighted by Crippen LogP contribution is 2.30. The summed E-state index contributed by atoms with van der Waals surface area (Å²) in [5.74, 6) is 0.307. The summed E-state index contributed by atoms with van der Waals surface area (Å²) in [6.45, 7) is 1.95. The minimum Gasteiger partial charge on any atom is -0.325 e. The zero-order valence-electron chi connectivity index (χ0n) is 13.4. The van der Waals surface area contributed by atoms with Crippen molar-refractivity contribution in [2.24, 2.45) is 0 Å². The molecule has 1 aliphatic rings. The van der Waals surface area contributed by atoms with Crippen molar-refractivity contribution in [3.05, 3.63) is 42.2 Å². The highest BCUT2D eigenvalue weighted by atomic mass is 32.2. The zero-order valence-corrected chi connectivity index (χ0v) is 15.0. The number of rotatable bonds is 4. The van der Waals surface area contributed by atoms with Crippen molar-refractivity contribution in [2.45, 2.75) is 19.0 Å². The van der Waals surface area contributed by atoms with Gasteiger partial charge in [-0.1, -0.05) is 24.3 Å². The molecule has 24 heavy (non-hydrogen) atoms. The number of nitrogens with one attached hydrogen (secondary N) is 1. The van der Waals surface area contributed by atoms with Crippen LogP contribution in [0.15, 0.2) is 36.7 Å². The molecule has 1 fully saturated rings. The van der Waals surface area contributed by atoms with Crippen molar-refractivity contribution < 1.29 is 16.8 Å². The Labute approximate surface area is 141 Å². The van der Waals surface area contributed by atoms with Crippen molar-refractivity contribution in [3.63, 3.8) is 0 Å². The third-order valence-corrected chi connectivity index (χ3v) is 6.55. The van der Waals surface area contributed by atoms with Crippen LogP contribution in [0.3, 0.4) is 0 Å². The fourth-order valence-electron chi connectivity index (χ4n) is 3.10. The first-order valence-electron chi connectivity index (χ1n) is 7.43. The van der Waals surface area contributed by atoms with E-state index in [0.717, 1.165) is 17.4 Å². The number of aryl methyl sites for hydroxylation is 1. The predicted octanol–water partition coefficient (Wildman–Crippen LogP) is 0.746. The van der Waals surface area contributed by atoms with Crippen molar-refractivity contribution >= 4 is 19.9 Å². The summed E-state index contributed by atoms with van der Waals surface area (Å²) < 4.78 is 51.5. The van der Waals surface area contributed by atoms with Crippen LogP contribution >= 0.6 is 0 Å². The summed E-state index contributed by atoms with van der Waals surface area (Å²) in [4.78, 5) is 4.36. The summed E-state index contributed by atoms with van der Waals surface area (Å²) in [6, 6.07) is 6.44. The van der Waals surface area contributed by atoms with Gasteiger partial charge in [-0.2, -0.15) is 0 Å². The number of nitrogens with zero attached hydrogens (tertiary/aromatic N) is 2. The maximum atomic E-state index is 12.1. The molecular formula is C15H19N3O4S2. The van der Waals surface area contributed by atoms with Gasteiger partial charge in [-0.15, -0.1) is 0 Å². The standard InChI is InChI=1S/C15H19N3O4S2/c1-11-5-3-4-6-12(11)15-16-7-8-18(15)14-10-24(21,22)9-13(14)17-23(2,19)20/h3-8,13-14,17H,9-10H2,1-2H3/t13-,14+/m0/s1. The highest BCUT2D eigenvalue weighted by Gasteiger charge is 2.41. The molecule has 0 bridgehead atoms. The molecule has 1 aliphatic heterocycles. The third-order valence-electron chi connectivity index (χ3n) is 4.10. The molecular weight excluding hydrogens is 350 g/mol. The van der Waals surface area contributed by atoms with Gasteiger partial charge in [0.25, 0.3) is 0 Å². The van der Waals surface area contributed by atoms with E-state index in [1.807, 2.05) is 31.2 Å². The van der Waals surface area contributed by atoms with Gasteiger partial charge in [-0.05, 0) is 12.5 Å². The Hall–Kier alpha value is -1.71. The summed E-state index contributed by atoms with van der Waals surface area (Å²) in [5.41, 5.74) is 1.91. The number of hydrogen-bond donors (Lipinski definition) is 1. The van der Waals surface area contributed by atoms with Gasteiger partial charge in [-0.25, -0.2) is 26.5 Å². The van der Waals surface area contributed by atoms with Crippen LogP contribution in [0.5, 0.6) is 0 Å². The van der Waals surface area contributed by atoms with E-state index in [2.05, 4.69) is 9.71 Å². The number of aromatic nitrogens is 2. The SMILES string of the molecule is Cc1ccccc1-c1nccn1[C@@H]1CS(=O)(=O)C[C@@H]1NS(C)(=O)=O. The first-order chi connectivity index (χ1) is 11.2. The molecule has 9 heteroatoms. The summed E-state index contributed by atoms with van der Waals surface area (Å²) in [6.07, 6.45) is 4.33. The van der Waals surface area contributed by atoms with Gasteiger partial charge in [0.2, 0.25) is 10.0 Å². The smallest absolute Gasteiger partial charge is 0.209 e. The Bertz CT molecular complexity index is 964. The molecule has 2 aromatic rings. The molecule has 2 atom stereocenters. The summed E-state index contributed by atoms with van der Waals surface area (Å²) >= 11 is 0. The monoisotopic (exact) mass is 369 g/mol. The normalized spacial score (nSPS) is 23.4. The van der Waals surface area contributed by atoms with Crippen LogP contribution in [0.1, 0.15) is 11.6 Å². The maximum Gasteiger partial charge on any atom is 0.209 e. The van der Waals surface area contributed by atoms with E-state index >= 15 is 0 Å². The highest BCUT2D eigenvalue weighted by molar-refractivity contribution is 7.92. The van der Waals surface area contributed by atoms with Crippen LogP contribution in [0.4, 0.5) is 0 Å². The van der Waals surface area contributed by atoms with E-state index in [0.29, 0.717) is 5.82 Å². The summed E-state index contributed by atoms with van der Waals surface area (Å²) in [7, 11) is -6.84. The molecule has 7 nitrogen and oxygen atoms in total. The average molecular weight is 369 g/mol. The van der Waals surface area contributed by atoms with Gasteiger partial charge in [-0.3, -0.25) is 0 Å². The minimum atomic E-state index is -3.52. The van der Waals surface area contributed by atoms with Crippen molar-refractivity contribution in [1.29, 1.82) is 0 Å². The third kappa shape index (κ3) is 3.52. The molecule has 130 valence electrons. The molecule has 2 heterocycles. The molecule has 0 spiro atoms. The quantitative estimate of drug-likeness (QED) is 0.857. The first kappa shape index (κ1) is 17.1. The van der Waals surface area contributed by atoms with Crippen LogP contribution in [0.25, 0.3) is 11.4 Å². The fourth-order valence-corrected chi connectivity index (χ4v) is 5.90. The van der Waals surface area contributed by atoms with Crippen molar-refractivity contribution in [3.8, 4) is 11.4 Å². The van der Waals surface area contributed by atoms with Gasteiger partial charge < -0.3 is 4.57 Å². The summed E-state index contributed by atoms with van der Waals surface area (Å²) in [5, 5.41) is 0. The van der Waals surface area contributed by atoms with Crippen LogP contribution in [0, 0.1) is 6.92 Å². The second-order valence-corrected chi connectivity index (χ2v) is 10.0. The number of sulfonamides is 1. The maximum absolute atomic E-state index is 12.1. The lowest BCUT2D eigenvalue weighted by molar-refractivity contribution is 0.462. The Kier molecular flexibility index (Phi) is 4.27. The Balaban J connectivity index is 2.05. The number of hydrogen-bond acceptors (Lipinski definition) is 5. The lowest BCUT2D eigenvalue weighted by Crippen LogP contribution is -2.40. The van der Waals surface area contributed by atoms with E-state index < -0.39 is 31.9 Å². The second kappa shape index (κ2) is 5.98. The first-order valence-corrected chi connectivity index (χ1v) is 11.1. The molecule has 1 N–H and O–H groups in total. The van der Waals surface area contributed by atoms with E-state index in [4.69, 9.17) is 0 Å². The van der Waals surface area contributed by atoms with Crippen LogP contribution < -0.4 is 4.72 Å². The van der Waals surface area contributed by atoms with Crippen LogP contribution in [-0.2, 0) is 19.9 Å². The second-order valence-electron chi connectivity index (χ2n) is 6.11. The molecule has 0 unspecified atom stereocenters. The molecule has 3 rings (SSSR count). The topological polar surface area (TPSA) is 98.1 Å². The molecule has 0 saturated carbocycles. The Morgan fingerprint density at radius 3 is 2.62 bits per heavy atom. The number of sulfone groups is 1.